The summed E-state index contributed by atoms with van der Waals surface area (Å²) in [5.41, 5.74) is 2.49. The third kappa shape index (κ3) is 2.08. The van der Waals surface area contributed by atoms with Crippen LogP contribution in [0.15, 0.2) is 40.9 Å². The van der Waals surface area contributed by atoms with Crippen molar-refractivity contribution in [2.45, 2.75) is 6.54 Å². The maximum Gasteiger partial charge on any atom is 0.133 e. The molecule has 0 bridgehead atoms. The third-order valence-corrected chi connectivity index (χ3v) is 3.99. The van der Waals surface area contributed by atoms with Gasteiger partial charge in [-0.05, 0) is 51.8 Å². The summed E-state index contributed by atoms with van der Waals surface area (Å²) >= 11 is 3.44. The summed E-state index contributed by atoms with van der Waals surface area (Å²) in [4.78, 5) is 1.84. The Balaban J connectivity index is 1.98. The lowest BCUT2D eigenvalue weighted by molar-refractivity contribution is 0.412. The third-order valence-electron chi connectivity index (χ3n) is 3.37. The Labute approximate surface area is 124 Å². The molecule has 1 aliphatic heterocycles. The zero-order chi connectivity index (χ0) is 14.3. The molecule has 0 aliphatic carbocycles. The van der Waals surface area contributed by atoms with Crippen molar-refractivity contribution in [2.24, 2.45) is 0 Å². The molecule has 0 unspecified atom stereocenters. The summed E-state index contributed by atoms with van der Waals surface area (Å²) in [6.07, 6.45) is 0. The Morgan fingerprint density at radius 3 is 2.75 bits per heavy atom. The van der Waals surface area contributed by atoms with Crippen molar-refractivity contribution in [1.29, 1.82) is 5.41 Å². The Morgan fingerprint density at radius 1 is 1.25 bits per heavy atom. The summed E-state index contributed by atoms with van der Waals surface area (Å²) in [5, 5.41) is 8.20. The molecule has 0 atom stereocenters. The number of rotatable bonds is 2. The maximum absolute atomic E-state index is 13.3. The van der Waals surface area contributed by atoms with E-state index in [1.807, 2.05) is 23.1 Å². The molecule has 20 heavy (non-hydrogen) atoms. The molecule has 1 heterocycles. The van der Waals surface area contributed by atoms with Gasteiger partial charge >= 0.3 is 0 Å². The molecule has 102 valence electrons. The Hall–Kier alpha value is -1.88. The fourth-order valence-corrected chi connectivity index (χ4v) is 2.87. The number of hydrogen-bond donors (Lipinski definition) is 1. The number of ether oxygens (including phenoxy) is 1. The average molecular weight is 335 g/mol. The van der Waals surface area contributed by atoms with Crippen LogP contribution in [-0.2, 0) is 6.54 Å². The molecule has 0 amide bonds. The normalized spacial score (nSPS) is 13.6. The van der Waals surface area contributed by atoms with Gasteiger partial charge in [-0.3, -0.25) is 5.41 Å². The van der Waals surface area contributed by atoms with Crippen LogP contribution in [0.2, 0.25) is 0 Å². The molecule has 0 saturated carbocycles. The summed E-state index contributed by atoms with van der Waals surface area (Å²) in [7, 11) is 1.61. The second-order valence-electron chi connectivity index (χ2n) is 4.56. The van der Waals surface area contributed by atoms with E-state index in [1.165, 1.54) is 12.1 Å². The SMILES string of the molecule is COc1ccc(N2Cc3ccc(F)cc3C2=N)cc1Br. The largest absolute Gasteiger partial charge is 0.496 e. The van der Waals surface area contributed by atoms with Gasteiger partial charge in [-0.1, -0.05) is 6.07 Å². The zero-order valence-electron chi connectivity index (χ0n) is 10.8. The fraction of sp³-hybridized carbons (Fsp3) is 0.133. The first-order valence-electron chi connectivity index (χ1n) is 6.08. The van der Waals surface area contributed by atoms with E-state index < -0.39 is 0 Å². The average Bonchev–Trinajstić information content (AvgIpc) is 2.76. The van der Waals surface area contributed by atoms with Gasteiger partial charge in [0.2, 0.25) is 0 Å². The lowest BCUT2D eigenvalue weighted by Gasteiger charge is -2.19. The standard InChI is InChI=1S/C15H12BrFN2O/c1-20-14-5-4-11(7-13(14)16)19-8-9-2-3-10(17)6-12(9)15(19)18/h2-7,18H,8H2,1H3. The van der Waals surface area contributed by atoms with Gasteiger partial charge in [0, 0.05) is 11.3 Å². The van der Waals surface area contributed by atoms with Crippen LogP contribution in [0.1, 0.15) is 11.1 Å². The lowest BCUT2D eigenvalue weighted by Crippen LogP contribution is -2.23. The van der Waals surface area contributed by atoms with E-state index in [0.29, 0.717) is 17.9 Å². The first-order chi connectivity index (χ1) is 9.60. The van der Waals surface area contributed by atoms with Gasteiger partial charge in [0.25, 0.3) is 0 Å². The van der Waals surface area contributed by atoms with Gasteiger partial charge in [0.1, 0.15) is 17.4 Å². The van der Waals surface area contributed by atoms with Crippen molar-refractivity contribution in [3.05, 3.63) is 57.8 Å². The highest BCUT2D eigenvalue weighted by Crippen LogP contribution is 2.33. The van der Waals surface area contributed by atoms with Crippen LogP contribution in [0, 0.1) is 11.2 Å². The van der Waals surface area contributed by atoms with Gasteiger partial charge in [-0.15, -0.1) is 0 Å². The van der Waals surface area contributed by atoms with Crippen LogP contribution in [0.4, 0.5) is 10.1 Å². The van der Waals surface area contributed by atoms with Gasteiger partial charge in [0.05, 0.1) is 18.1 Å². The summed E-state index contributed by atoms with van der Waals surface area (Å²) in [5.74, 6) is 0.742. The second-order valence-corrected chi connectivity index (χ2v) is 5.41. The minimum Gasteiger partial charge on any atom is -0.496 e. The van der Waals surface area contributed by atoms with Crippen LogP contribution < -0.4 is 9.64 Å². The predicted octanol–water partition coefficient (Wildman–Crippen LogP) is 3.94. The second kappa shape index (κ2) is 4.90. The molecule has 0 radical (unpaired) electrons. The topological polar surface area (TPSA) is 36.3 Å². The van der Waals surface area contributed by atoms with Crippen molar-refractivity contribution in [2.75, 3.05) is 12.0 Å². The molecular weight excluding hydrogens is 323 g/mol. The highest BCUT2D eigenvalue weighted by atomic mass is 79.9. The minimum absolute atomic E-state index is 0.314. The van der Waals surface area contributed by atoms with Crippen molar-refractivity contribution < 1.29 is 9.13 Å². The molecule has 5 heteroatoms. The molecule has 0 spiro atoms. The number of hydrogen-bond acceptors (Lipinski definition) is 2. The van der Waals surface area contributed by atoms with E-state index in [2.05, 4.69) is 15.9 Å². The number of halogens is 2. The van der Waals surface area contributed by atoms with Crippen LogP contribution in [0.25, 0.3) is 0 Å². The minimum atomic E-state index is -0.314. The summed E-state index contributed by atoms with van der Waals surface area (Å²) in [6.45, 7) is 0.577. The van der Waals surface area contributed by atoms with Crippen LogP contribution in [-0.4, -0.2) is 12.9 Å². The molecule has 1 N–H and O–H groups in total. The van der Waals surface area contributed by atoms with Crippen molar-refractivity contribution >= 4 is 27.5 Å². The Morgan fingerprint density at radius 2 is 2.05 bits per heavy atom. The number of anilines is 1. The number of amidine groups is 1. The number of nitrogens with zero attached hydrogens (tertiary/aromatic N) is 1. The van der Waals surface area contributed by atoms with Crippen molar-refractivity contribution in [1.82, 2.24) is 0 Å². The molecule has 3 nitrogen and oxygen atoms in total. The Bertz CT molecular complexity index is 702. The van der Waals surface area contributed by atoms with E-state index in [0.717, 1.165) is 21.5 Å². The molecule has 0 saturated heterocycles. The van der Waals surface area contributed by atoms with Crippen LogP contribution in [0.5, 0.6) is 5.75 Å². The molecule has 2 aromatic carbocycles. The first-order valence-corrected chi connectivity index (χ1v) is 6.88. The van der Waals surface area contributed by atoms with Crippen molar-refractivity contribution in [3.8, 4) is 5.75 Å². The van der Waals surface area contributed by atoms with E-state index >= 15 is 0 Å². The summed E-state index contributed by atoms with van der Waals surface area (Å²) < 4.78 is 19.3. The monoisotopic (exact) mass is 334 g/mol. The van der Waals surface area contributed by atoms with E-state index in [4.69, 9.17) is 10.1 Å². The highest BCUT2D eigenvalue weighted by molar-refractivity contribution is 9.10. The molecule has 0 fully saturated rings. The highest BCUT2D eigenvalue weighted by Gasteiger charge is 2.26. The predicted molar refractivity (Wildman–Crippen MR) is 80.1 cm³/mol. The zero-order valence-corrected chi connectivity index (χ0v) is 12.4. The number of fused-ring (bicyclic) bond motifs is 1. The van der Waals surface area contributed by atoms with Gasteiger partial charge in [-0.2, -0.15) is 0 Å². The fourth-order valence-electron chi connectivity index (χ4n) is 2.35. The van der Waals surface area contributed by atoms with Crippen molar-refractivity contribution in [3.63, 3.8) is 0 Å². The Kier molecular flexibility index (Phi) is 3.22. The number of methoxy groups -OCH3 is 1. The smallest absolute Gasteiger partial charge is 0.133 e. The van der Waals surface area contributed by atoms with Gasteiger partial charge < -0.3 is 9.64 Å². The molecule has 0 aromatic heterocycles. The molecular formula is C15H12BrFN2O. The van der Waals surface area contributed by atoms with Gasteiger partial charge in [0.15, 0.2) is 0 Å². The van der Waals surface area contributed by atoms with Crippen LogP contribution in [0.3, 0.4) is 0 Å². The molecule has 3 rings (SSSR count). The molecule has 1 aliphatic rings. The first kappa shape index (κ1) is 13.1. The van der Waals surface area contributed by atoms with E-state index in [-0.39, 0.29) is 5.82 Å². The lowest BCUT2D eigenvalue weighted by atomic mass is 10.1. The maximum atomic E-state index is 13.3. The molecule has 2 aromatic rings. The summed E-state index contributed by atoms with van der Waals surface area (Å²) in [6, 6.07) is 10.2. The van der Waals surface area contributed by atoms with Gasteiger partial charge in [-0.25, -0.2) is 4.39 Å². The van der Waals surface area contributed by atoms with E-state index in [1.54, 1.807) is 13.2 Å². The number of benzene rings is 2. The number of nitrogens with one attached hydrogen (secondary N) is 1. The quantitative estimate of drug-likeness (QED) is 0.902. The van der Waals surface area contributed by atoms with E-state index in [9.17, 15) is 4.39 Å². The van der Waals surface area contributed by atoms with Crippen LogP contribution >= 0.6 is 15.9 Å².